The summed E-state index contributed by atoms with van der Waals surface area (Å²) in [6.07, 6.45) is 0.917. The third kappa shape index (κ3) is 4.74. The normalized spacial score (nSPS) is 10.2. The lowest BCUT2D eigenvalue weighted by Gasteiger charge is -2.19. The maximum Gasteiger partial charge on any atom is 0.252 e. The first-order valence-corrected chi connectivity index (χ1v) is 8.05. The van der Waals surface area contributed by atoms with Crippen LogP contribution in [0.5, 0.6) is 0 Å². The first kappa shape index (κ1) is 15.8. The number of carbonyl (C=O) groups excluding carboxylic acids is 1. The maximum absolute atomic E-state index is 12.1. The highest BCUT2D eigenvalue weighted by Gasteiger charge is 2.08. The van der Waals surface area contributed by atoms with Gasteiger partial charge in [0.25, 0.3) is 5.91 Å². The molecule has 3 nitrogen and oxygen atoms in total. The number of nitrogens with zero attached hydrogens (tertiary/aromatic N) is 1. The Labute approximate surface area is 139 Å². The summed E-state index contributed by atoms with van der Waals surface area (Å²) in [4.78, 5) is 14.2. The highest BCUT2D eigenvalue weighted by Crippen LogP contribution is 2.12. The Bertz CT molecular complexity index is 586. The van der Waals surface area contributed by atoms with Gasteiger partial charge < -0.3 is 10.2 Å². The lowest BCUT2D eigenvalue weighted by atomic mass is 10.2. The predicted octanol–water partition coefficient (Wildman–Crippen LogP) is 3.55. The van der Waals surface area contributed by atoms with Gasteiger partial charge in [0.15, 0.2) is 0 Å². The van der Waals surface area contributed by atoms with E-state index in [4.69, 9.17) is 0 Å². The third-order valence-corrected chi connectivity index (χ3v) is 4.21. The average molecular weight is 394 g/mol. The molecule has 0 fully saturated rings. The van der Waals surface area contributed by atoms with Gasteiger partial charge in [-0.05, 0) is 53.3 Å². The third-order valence-electron chi connectivity index (χ3n) is 3.27. The van der Waals surface area contributed by atoms with Crippen LogP contribution >= 0.6 is 22.6 Å². The maximum atomic E-state index is 12.1. The summed E-state index contributed by atoms with van der Waals surface area (Å²) in [5, 5.41) is 2.98. The molecule has 1 N–H and O–H groups in total. The smallest absolute Gasteiger partial charge is 0.252 e. The number of hydrogen-bond donors (Lipinski definition) is 1. The van der Waals surface area contributed by atoms with Gasteiger partial charge in [-0.25, -0.2) is 0 Å². The average Bonchev–Trinajstić information content (AvgIpc) is 2.52. The standard InChI is InChI=1S/C17H19IN2O/c1-20(14-8-3-2-4-9-14)13-7-12-19-17(21)15-10-5-6-11-16(15)18/h2-6,8-11H,7,12-13H2,1H3,(H,19,21). The van der Waals surface area contributed by atoms with Gasteiger partial charge in [-0.1, -0.05) is 30.3 Å². The monoisotopic (exact) mass is 394 g/mol. The molecule has 0 radical (unpaired) electrons. The fourth-order valence-corrected chi connectivity index (χ4v) is 2.70. The van der Waals surface area contributed by atoms with Gasteiger partial charge in [0.2, 0.25) is 0 Å². The number of carbonyl (C=O) groups is 1. The van der Waals surface area contributed by atoms with Crippen molar-refractivity contribution < 1.29 is 4.79 Å². The molecule has 0 aliphatic carbocycles. The number of anilines is 1. The highest BCUT2D eigenvalue weighted by atomic mass is 127. The van der Waals surface area contributed by atoms with E-state index in [1.165, 1.54) is 5.69 Å². The van der Waals surface area contributed by atoms with Crippen LogP contribution in [0.3, 0.4) is 0 Å². The van der Waals surface area contributed by atoms with Crippen molar-refractivity contribution in [1.29, 1.82) is 0 Å². The molecule has 1 amide bonds. The van der Waals surface area contributed by atoms with E-state index in [9.17, 15) is 4.79 Å². The Balaban J connectivity index is 1.75. The van der Waals surface area contributed by atoms with E-state index in [0.29, 0.717) is 6.54 Å². The number of halogens is 1. The highest BCUT2D eigenvalue weighted by molar-refractivity contribution is 14.1. The van der Waals surface area contributed by atoms with E-state index in [1.807, 2.05) is 42.5 Å². The SMILES string of the molecule is CN(CCCNC(=O)c1ccccc1I)c1ccccc1. The van der Waals surface area contributed by atoms with Crippen LogP contribution in [0.2, 0.25) is 0 Å². The number of benzene rings is 2. The largest absolute Gasteiger partial charge is 0.375 e. The second-order valence-corrected chi connectivity index (χ2v) is 6.01. The lowest BCUT2D eigenvalue weighted by Crippen LogP contribution is -2.28. The van der Waals surface area contributed by atoms with Crippen molar-refractivity contribution in [2.75, 3.05) is 25.0 Å². The molecule has 0 saturated carbocycles. The van der Waals surface area contributed by atoms with Crippen LogP contribution in [0.25, 0.3) is 0 Å². The van der Waals surface area contributed by atoms with E-state index >= 15 is 0 Å². The Morgan fingerprint density at radius 2 is 1.76 bits per heavy atom. The molecule has 0 aliphatic rings. The summed E-state index contributed by atoms with van der Waals surface area (Å²) < 4.78 is 0.981. The van der Waals surface area contributed by atoms with Crippen molar-refractivity contribution in [1.82, 2.24) is 5.32 Å². The molecule has 0 unspecified atom stereocenters. The fraction of sp³-hybridized carbons (Fsp3) is 0.235. The summed E-state index contributed by atoms with van der Waals surface area (Å²) in [6.45, 7) is 1.59. The summed E-state index contributed by atoms with van der Waals surface area (Å²) in [5.41, 5.74) is 1.94. The molecular formula is C17H19IN2O. The van der Waals surface area contributed by atoms with E-state index in [2.05, 4.69) is 52.0 Å². The minimum absolute atomic E-state index is 0.00219. The van der Waals surface area contributed by atoms with Crippen LogP contribution in [-0.4, -0.2) is 26.0 Å². The Morgan fingerprint density at radius 1 is 1.10 bits per heavy atom. The molecule has 2 aromatic rings. The molecule has 0 spiro atoms. The topological polar surface area (TPSA) is 32.3 Å². The molecule has 21 heavy (non-hydrogen) atoms. The molecule has 0 heterocycles. The van der Waals surface area contributed by atoms with Crippen LogP contribution < -0.4 is 10.2 Å². The molecule has 2 aromatic carbocycles. The summed E-state index contributed by atoms with van der Waals surface area (Å²) in [7, 11) is 2.07. The van der Waals surface area contributed by atoms with Gasteiger partial charge >= 0.3 is 0 Å². The molecule has 0 aromatic heterocycles. The van der Waals surface area contributed by atoms with E-state index < -0.39 is 0 Å². The second kappa shape index (κ2) is 8.02. The molecule has 0 bridgehead atoms. The summed E-state index contributed by atoms with van der Waals surface area (Å²) >= 11 is 2.19. The summed E-state index contributed by atoms with van der Waals surface area (Å²) in [5.74, 6) is 0.00219. The zero-order valence-corrected chi connectivity index (χ0v) is 14.2. The minimum atomic E-state index is 0.00219. The minimum Gasteiger partial charge on any atom is -0.375 e. The predicted molar refractivity (Wildman–Crippen MR) is 95.8 cm³/mol. The van der Waals surface area contributed by atoms with Crippen LogP contribution in [0, 0.1) is 3.57 Å². The fourth-order valence-electron chi connectivity index (χ4n) is 2.07. The van der Waals surface area contributed by atoms with Gasteiger partial charge in [0.05, 0.1) is 5.56 Å². The number of nitrogens with one attached hydrogen (secondary N) is 1. The van der Waals surface area contributed by atoms with E-state index in [-0.39, 0.29) is 5.91 Å². The van der Waals surface area contributed by atoms with Gasteiger partial charge in [0.1, 0.15) is 0 Å². The van der Waals surface area contributed by atoms with E-state index in [0.717, 1.165) is 22.1 Å². The number of para-hydroxylation sites is 1. The Kier molecular flexibility index (Phi) is 6.04. The van der Waals surface area contributed by atoms with Crippen LogP contribution in [0.15, 0.2) is 54.6 Å². The zero-order valence-electron chi connectivity index (χ0n) is 12.1. The second-order valence-electron chi connectivity index (χ2n) is 4.85. The van der Waals surface area contributed by atoms with Gasteiger partial charge in [-0.15, -0.1) is 0 Å². The van der Waals surface area contributed by atoms with Crippen molar-refractivity contribution >= 4 is 34.2 Å². The summed E-state index contributed by atoms with van der Waals surface area (Å²) in [6, 6.07) is 17.9. The van der Waals surface area contributed by atoms with Crippen molar-refractivity contribution in [2.24, 2.45) is 0 Å². The molecule has 0 atom stereocenters. The molecule has 110 valence electrons. The molecular weight excluding hydrogens is 375 g/mol. The number of rotatable bonds is 6. The van der Waals surface area contributed by atoms with E-state index in [1.54, 1.807) is 0 Å². The molecule has 4 heteroatoms. The Hall–Kier alpha value is -1.56. The van der Waals surface area contributed by atoms with Gasteiger partial charge in [0, 0.05) is 29.4 Å². The lowest BCUT2D eigenvalue weighted by molar-refractivity contribution is 0.0952. The first-order chi connectivity index (χ1) is 10.2. The van der Waals surface area contributed by atoms with Crippen molar-refractivity contribution in [3.05, 3.63) is 63.7 Å². The van der Waals surface area contributed by atoms with Crippen LogP contribution in [0.1, 0.15) is 16.8 Å². The van der Waals surface area contributed by atoms with Gasteiger partial charge in [-0.2, -0.15) is 0 Å². The van der Waals surface area contributed by atoms with Crippen molar-refractivity contribution in [2.45, 2.75) is 6.42 Å². The van der Waals surface area contributed by atoms with Gasteiger partial charge in [-0.3, -0.25) is 4.79 Å². The number of amides is 1. The molecule has 0 saturated heterocycles. The zero-order chi connectivity index (χ0) is 15.1. The van der Waals surface area contributed by atoms with Crippen LogP contribution in [-0.2, 0) is 0 Å². The quantitative estimate of drug-likeness (QED) is 0.601. The molecule has 2 rings (SSSR count). The first-order valence-electron chi connectivity index (χ1n) is 6.97. The van der Waals surface area contributed by atoms with Crippen molar-refractivity contribution in [3.8, 4) is 0 Å². The number of hydrogen-bond acceptors (Lipinski definition) is 2. The van der Waals surface area contributed by atoms with Crippen molar-refractivity contribution in [3.63, 3.8) is 0 Å². The Morgan fingerprint density at radius 3 is 2.48 bits per heavy atom. The van der Waals surface area contributed by atoms with Crippen LogP contribution in [0.4, 0.5) is 5.69 Å². The molecule has 0 aliphatic heterocycles.